The van der Waals surface area contributed by atoms with Gasteiger partial charge < -0.3 is 16.2 Å². The summed E-state index contributed by atoms with van der Waals surface area (Å²) < 4.78 is 6.05. The minimum atomic E-state index is 0.153. The SMILES string of the molecule is COc1cc(Br)cc2nc(N)nc(N)c12. The Morgan fingerprint density at radius 2 is 2.00 bits per heavy atom. The maximum Gasteiger partial charge on any atom is 0.222 e. The Labute approximate surface area is 94.6 Å². The lowest BCUT2D eigenvalue weighted by molar-refractivity contribution is 0.419. The predicted octanol–water partition coefficient (Wildman–Crippen LogP) is 1.57. The van der Waals surface area contributed by atoms with Crippen LogP contribution in [0.1, 0.15) is 0 Å². The van der Waals surface area contributed by atoms with Gasteiger partial charge in [0.05, 0.1) is 18.0 Å². The van der Waals surface area contributed by atoms with E-state index in [0.717, 1.165) is 4.47 Å². The largest absolute Gasteiger partial charge is 0.496 e. The number of methoxy groups -OCH3 is 1. The van der Waals surface area contributed by atoms with Gasteiger partial charge in [-0.15, -0.1) is 0 Å². The van der Waals surface area contributed by atoms with Gasteiger partial charge in [0.25, 0.3) is 0 Å². The number of hydrogen-bond donors (Lipinski definition) is 2. The molecule has 1 aromatic heterocycles. The smallest absolute Gasteiger partial charge is 0.222 e. The van der Waals surface area contributed by atoms with Crippen LogP contribution in [0, 0.1) is 0 Å². The molecular formula is C9H9BrN4O. The molecule has 78 valence electrons. The lowest BCUT2D eigenvalue weighted by Gasteiger charge is -2.08. The van der Waals surface area contributed by atoms with Gasteiger partial charge in [-0.1, -0.05) is 15.9 Å². The molecule has 0 saturated carbocycles. The van der Waals surface area contributed by atoms with Crippen LogP contribution in [0.25, 0.3) is 10.9 Å². The van der Waals surface area contributed by atoms with Crippen LogP contribution >= 0.6 is 15.9 Å². The molecule has 0 fully saturated rings. The summed E-state index contributed by atoms with van der Waals surface area (Å²) in [6.45, 7) is 0. The average molecular weight is 269 g/mol. The molecule has 1 aromatic carbocycles. The van der Waals surface area contributed by atoms with Crippen molar-refractivity contribution >= 4 is 38.6 Å². The highest BCUT2D eigenvalue weighted by atomic mass is 79.9. The van der Waals surface area contributed by atoms with Gasteiger partial charge in [0.15, 0.2) is 0 Å². The van der Waals surface area contributed by atoms with Crippen molar-refractivity contribution in [2.24, 2.45) is 0 Å². The van der Waals surface area contributed by atoms with Crippen LogP contribution in [0.2, 0.25) is 0 Å². The van der Waals surface area contributed by atoms with Crippen LogP contribution in [-0.2, 0) is 0 Å². The number of nitrogen functional groups attached to an aromatic ring is 2. The van der Waals surface area contributed by atoms with E-state index in [1.165, 1.54) is 0 Å². The number of ether oxygens (including phenoxy) is 1. The van der Waals surface area contributed by atoms with Crippen molar-refractivity contribution in [2.45, 2.75) is 0 Å². The maximum atomic E-state index is 5.76. The van der Waals surface area contributed by atoms with E-state index >= 15 is 0 Å². The molecule has 0 aliphatic rings. The molecule has 2 aromatic rings. The highest BCUT2D eigenvalue weighted by molar-refractivity contribution is 9.10. The fraction of sp³-hybridized carbons (Fsp3) is 0.111. The molecule has 0 aliphatic carbocycles. The highest BCUT2D eigenvalue weighted by Gasteiger charge is 2.10. The molecule has 1 heterocycles. The van der Waals surface area contributed by atoms with Crippen molar-refractivity contribution in [1.82, 2.24) is 9.97 Å². The van der Waals surface area contributed by atoms with Crippen LogP contribution in [0.5, 0.6) is 5.75 Å². The van der Waals surface area contributed by atoms with Crippen molar-refractivity contribution in [3.63, 3.8) is 0 Å². The zero-order chi connectivity index (χ0) is 11.0. The zero-order valence-electron chi connectivity index (χ0n) is 7.99. The maximum absolute atomic E-state index is 5.76. The summed E-state index contributed by atoms with van der Waals surface area (Å²) in [4.78, 5) is 7.97. The fourth-order valence-electron chi connectivity index (χ4n) is 1.40. The highest BCUT2D eigenvalue weighted by Crippen LogP contribution is 2.32. The first-order valence-corrected chi connectivity index (χ1v) is 4.97. The number of benzene rings is 1. The van der Waals surface area contributed by atoms with E-state index in [2.05, 4.69) is 25.9 Å². The third-order valence-electron chi connectivity index (χ3n) is 1.99. The Kier molecular flexibility index (Phi) is 2.36. The fourth-order valence-corrected chi connectivity index (χ4v) is 1.83. The van der Waals surface area contributed by atoms with Crippen molar-refractivity contribution in [1.29, 1.82) is 0 Å². The number of hydrogen-bond acceptors (Lipinski definition) is 5. The number of rotatable bonds is 1. The minimum Gasteiger partial charge on any atom is -0.496 e. The van der Waals surface area contributed by atoms with Crippen molar-refractivity contribution < 1.29 is 4.74 Å². The average Bonchev–Trinajstić information content (AvgIpc) is 2.14. The van der Waals surface area contributed by atoms with Gasteiger partial charge in [0.2, 0.25) is 5.95 Å². The Morgan fingerprint density at radius 1 is 1.27 bits per heavy atom. The number of aromatic nitrogens is 2. The monoisotopic (exact) mass is 268 g/mol. The number of anilines is 2. The second-order valence-corrected chi connectivity index (χ2v) is 3.88. The summed E-state index contributed by atoms with van der Waals surface area (Å²) in [5.74, 6) is 1.10. The standard InChI is InChI=1S/C9H9BrN4O/c1-15-6-3-4(10)2-5-7(6)8(11)14-9(12)13-5/h2-3H,1H3,(H4,11,12,13,14). The predicted molar refractivity (Wildman–Crippen MR) is 62.6 cm³/mol. The van der Waals surface area contributed by atoms with Crippen LogP contribution in [0.15, 0.2) is 16.6 Å². The second-order valence-electron chi connectivity index (χ2n) is 2.97. The zero-order valence-corrected chi connectivity index (χ0v) is 9.58. The number of nitrogens with zero attached hydrogens (tertiary/aromatic N) is 2. The summed E-state index contributed by atoms with van der Waals surface area (Å²) in [6.07, 6.45) is 0. The number of fused-ring (bicyclic) bond motifs is 1. The van der Waals surface area contributed by atoms with Gasteiger partial charge in [-0.05, 0) is 12.1 Å². The van der Waals surface area contributed by atoms with E-state index in [-0.39, 0.29) is 5.95 Å². The topological polar surface area (TPSA) is 87.0 Å². The van der Waals surface area contributed by atoms with Crippen molar-refractivity contribution in [2.75, 3.05) is 18.6 Å². The lowest BCUT2D eigenvalue weighted by atomic mass is 10.2. The third kappa shape index (κ3) is 1.68. The molecule has 0 bridgehead atoms. The first-order valence-electron chi connectivity index (χ1n) is 4.18. The van der Waals surface area contributed by atoms with Crippen molar-refractivity contribution in [3.8, 4) is 5.75 Å². The molecule has 0 unspecified atom stereocenters. The number of halogens is 1. The van der Waals surface area contributed by atoms with Crippen LogP contribution in [0.3, 0.4) is 0 Å². The molecule has 15 heavy (non-hydrogen) atoms. The molecule has 0 saturated heterocycles. The molecule has 0 aliphatic heterocycles. The van der Waals surface area contributed by atoms with Gasteiger partial charge in [0, 0.05) is 4.47 Å². The van der Waals surface area contributed by atoms with Gasteiger partial charge in [-0.25, -0.2) is 4.98 Å². The molecule has 5 nitrogen and oxygen atoms in total. The Bertz CT molecular complexity index is 524. The van der Waals surface area contributed by atoms with Crippen molar-refractivity contribution in [3.05, 3.63) is 16.6 Å². The quantitative estimate of drug-likeness (QED) is 0.820. The van der Waals surface area contributed by atoms with Crippen LogP contribution < -0.4 is 16.2 Å². The van der Waals surface area contributed by atoms with E-state index < -0.39 is 0 Å². The Balaban J connectivity index is 2.90. The molecule has 0 radical (unpaired) electrons. The van der Waals surface area contributed by atoms with E-state index in [1.807, 2.05) is 6.07 Å². The normalized spacial score (nSPS) is 10.5. The Morgan fingerprint density at radius 3 is 2.67 bits per heavy atom. The summed E-state index contributed by atoms with van der Waals surface area (Å²) in [6, 6.07) is 3.62. The molecule has 4 N–H and O–H groups in total. The molecule has 0 atom stereocenters. The summed E-state index contributed by atoms with van der Waals surface area (Å²) in [5, 5.41) is 0.676. The Hall–Kier alpha value is -1.56. The summed E-state index contributed by atoms with van der Waals surface area (Å²) >= 11 is 3.35. The van der Waals surface area contributed by atoms with E-state index in [9.17, 15) is 0 Å². The summed E-state index contributed by atoms with van der Waals surface area (Å²) in [7, 11) is 1.57. The van der Waals surface area contributed by atoms with Crippen LogP contribution in [0.4, 0.5) is 11.8 Å². The lowest BCUT2D eigenvalue weighted by Crippen LogP contribution is -2.01. The molecular weight excluding hydrogens is 260 g/mol. The second kappa shape index (κ2) is 3.54. The molecule has 2 rings (SSSR count). The third-order valence-corrected chi connectivity index (χ3v) is 2.45. The van der Waals surface area contributed by atoms with Gasteiger partial charge in [0.1, 0.15) is 11.6 Å². The van der Waals surface area contributed by atoms with E-state index in [4.69, 9.17) is 16.2 Å². The van der Waals surface area contributed by atoms with E-state index in [0.29, 0.717) is 22.5 Å². The molecule has 0 amide bonds. The van der Waals surface area contributed by atoms with Gasteiger partial charge >= 0.3 is 0 Å². The van der Waals surface area contributed by atoms with Crippen LogP contribution in [-0.4, -0.2) is 17.1 Å². The summed E-state index contributed by atoms with van der Waals surface area (Å²) in [5.41, 5.74) is 11.9. The first-order chi connectivity index (χ1) is 7.11. The minimum absolute atomic E-state index is 0.153. The van der Waals surface area contributed by atoms with E-state index in [1.54, 1.807) is 13.2 Å². The molecule has 0 spiro atoms. The molecule has 6 heteroatoms. The first kappa shape index (κ1) is 9.97. The van der Waals surface area contributed by atoms with Gasteiger partial charge in [-0.3, -0.25) is 0 Å². The van der Waals surface area contributed by atoms with Gasteiger partial charge in [-0.2, -0.15) is 4.98 Å². The number of nitrogens with two attached hydrogens (primary N) is 2.